The lowest BCUT2D eigenvalue weighted by molar-refractivity contribution is 1.08. The predicted molar refractivity (Wildman–Crippen MR) is 257 cm³/mol. The summed E-state index contributed by atoms with van der Waals surface area (Å²) in [5.41, 5.74) is 12.6. The quantitative estimate of drug-likeness (QED) is 0.161. The zero-order valence-electron chi connectivity index (χ0n) is 33.4. The van der Waals surface area contributed by atoms with Gasteiger partial charge in [-0.05, 0) is 59.7 Å². The summed E-state index contributed by atoms with van der Waals surface area (Å²) in [6, 6.07) is 74.6. The molecular weight excluding hydrogens is 775 g/mol. The highest BCUT2D eigenvalue weighted by Gasteiger charge is 2.19. The van der Waals surface area contributed by atoms with Crippen LogP contribution in [-0.4, -0.2) is 24.5 Å². The monoisotopic (exact) mass is 809 g/mol. The van der Waals surface area contributed by atoms with Crippen LogP contribution >= 0.6 is 11.3 Å². The number of fused-ring (bicyclic) bond motifs is 6. The number of aromatic nitrogens is 5. The first-order chi connectivity index (χ1) is 30.7. The van der Waals surface area contributed by atoms with Gasteiger partial charge in [0.05, 0.1) is 28.1 Å². The van der Waals surface area contributed by atoms with Crippen molar-refractivity contribution in [2.24, 2.45) is 0 Å². The molecule has 290 valence electrons. The van der Waals surface area contributed by atoms with E-state index in [4.69, 9.17) is 19.9 Å². The van der Waals surface area contributed by atoms with Crippen molar-refractivity contribution in [2.45, 2.75) is 0 Å². The highest BCUT2D eigenvalue weighted by molar-refractivity contribution is 7.26. The number of pyridine rings is 1. The van der Waals surface area contributed by atoms with Gasteiger partial charge in [-0.1, -0.05) is 164 Å². The number of benzene rings is 8. The van der Waals surface area contributed by atoms with E-state index in [0.29, 0.717) is 17.5 Å². The van der Waals surface area contributed by atoms with Gasteiger partial charge in [-0.25, -0.2) is 19.9 Å². The number of nitrogens with zero attached hydrogens (tertiary/aromatic N) is 5. The van der Waals surface area contributed by atoms with Crippen LogP contribution in [0.25, 0.3) is 115 Å². The molecule has 0 N–H and O–H groups in total. The third kappa shape index (κ3) is 6.24. The summed E-state index contributed by atoms with van der Waals surface area (Å²) in [5.74, 6) is 1.96. The van der Waals surface area contributed by atoms with Crippen molar-refractivity contribution >= 4 is 53.3 Å². The Balaban J connectivity index is 1.02. The Morgan fingerprint density at radius 1 is 0.323 bits per heavy atom. The predicted octanol–water partition coefficient (Wildman–Crippen LogP) is 14.7. The Hall–Kier alpha value is -8.06. The maximum atomic E-state index is 5.18. The lowest BCUT2D eigenvalue weighted by Gasteiger charge is -2.13. The number of rotatable bonds is 7. The molecule has 0 amide bonds. The van der Waals surface area contributed by atoms with Crippen molar-refractivity contribution in [1.82, 2.24) is 24.5 Å². The van der Waals surface area contributed by atoms with E-state index in [1.54, 1.807) is 11.3 Å². The second-order valence-corrected chi connectivity index (χ2v) is 16.5. The summed E-state index contributed by atoms with van der Waals surface area (Å²) in [6.45, 7) is 0. The second-order valence-electron chi connectivity index (χ2n) is 15.4. The molecule has 8 aromatic carbocycles. The lowest BCUT2D eigenvalue weighted by atomic mass is 9.99. The van der Waals surface area contributed by atoms with E-state index < -0.39 is 0 Å². The first-order valence-electron chi connectivity index (χ1n) is 20.7. The Morgan fingerprint density at radius 3 is 1.47 bits per heavy atom. The van der Waals surface area contributed by atoms with Gasteiger partial charge in [0.2, 0.25) is 0 Å². The minimum absolute atomic E-state index is 0.651. The normalized spacial score (nSPS) is 11.5. The highest BCUT2D eigenvalue weighted by Crippen LogP contribution is 2.43. The van der Waals surface area contributed by atoms with Crippen LogP contribution in [0.5, 0.6) is 0 Å². The summed E-state index contributed by atoms with van der Waals surface area (Å²) < 4.78 is 4.80. The van der Waals surface area contributed by atoms with Crippen LogP contribution in [-0.2, 0) is 0 Å². The molecular formula is C56H35N5S. The maximum absolute atomic E-state index is 5.18. The molecule has 0 aliphatic heterocycles. The van der Waals surface area contributed by atoms with Crippen LogP contribution in [0.15, 0.2) is 212 Å². The summed E-state index contributed by atoms with van der Waals surface area (Å²) in [5, 5.41) is 4.73. The van der Waals surface area contributed by atoms with Crippen molar-refractivity contribution in [2.75, 3.05) is 0 Å². The summed E-state index contributed by atoms with van der Waals surface area (Å²) >= 11 is 1.80. The summed E-state index contributed by atoms with van der Waals surface area (Å²) in [7, 11) is 0. The molecule has 0 radical (unpaired) electrons. The van der Waals surface area contributed by atoms with E-state index in [-0.39, 0.29) is 0 Å². The molecule has 4 heterocycles. The van der Waals surface area contributed by atoms with E-state index in [9.17, 15) is 0 Å². The number of thiophene rings is 1. The van der Waals surface area contributed by atoms with E-state index in [2.05, 4.69) is 168 Å². The van der Waals surface area contributed by atoms with Crippen molar-refractivity contribution in [3.05, 3.63) is 212 Å². The molecule has 0 saturated heterocycles. The van der Waals surface area contributed by atoms with E-state index >= 15 is 0 Å². The van der Waals surface area contributed by atoms with Crippen molar-refractivity contribution in [1.29, 1.82) is 0 Å². The Labute approximate surface area is 361 Å². The molecule has 0 fully saturated rings. The van der Waals surface area contributed by atoms with Gasteiger partial charge < -0.3 is 4.57 Å². The van der Waals surface area contributed by atoms with Crippen molar-refractivity contribution < 1.29 is 0 Å². The van der Waals surface area contributed by atoms with Crippen molar-refractivity contribution in [3.63, 3.8) is 0 Å². The second kappa shape index (κ2) is 14.9. The lowest BCUT2D eigenvalue weighted by Crippen LogP contribution is -2.00. The van der Waals surface area contributed by atoms with E-state index in [1.807, 2.05) is 48.5 Å². The summed E-state index contributed by atoms with van der Waals surface area (Å²) in [6.07, 6.45) is 0. The highest BCUT2D eigenvalue weighted by atomic mass is 32.1. The first-order valence-corrected chi connectivity index (χ1v) is 21.5. The molecule has 0 bridgehead atoms. The molecule has 0 saturated carbocycles. The first kappa shape index (κ1) is 35.8. The van der Waals surface area contributed by atoms with E-state index in [0.717, 1.165) is 72.4 Å². The average molecular weight is 810 g/mol. The topological polar surface area (TPSA) is 56.5 Å². The molecule has 12 aromatic rings. The molecule has 0 atom stereocenters. The Bertz CT molecular complexity index is 3490. The van der Waals surface area contributed by atoms with Crippen LogP contribution < -0.4 is 0 Å². The van der Waals surface area contributed by atoms with Gasteiger partial charge >= 0.3 is 0 Å². The fraction of sp³-hybridized carbons (Fsp3) is 0. The standard InChI is InChI=1S/C56H35N5S/c1-5-16-36(17-6-1)47-34-42(35-48(57-47)37-18-7-2-8-19-37)61-49-26-14-13-24-43(49)45-32-40(28-30-50(45)61)41-29-31-51-46(33-41)53-44(25-15-27-52(53)62-51)56-59-54(38-20-9-3-10-21-38)58-55(60-56)39-22-11-4-12-23-39/h1-35H. The van der Waals surface area contributed by atoms with Gasteiger partial charge in [0.15, 0.2) is 17.5 Å². The molecule has 0 aliphatic rings. The maximum Gasteiger partial charge on any atom is 0.164 e. The molecule has 5 nitrogen and oxygen atoms in total. The van der Waals surface area contributed by atoms with Crippen LogP contribution in [0.2, 0.25) is 0 Å². The van der Waals surface area contributed by atoms with Gasteiger partial charge in [-0.2, -0.15) is 0 Å². The molecule has 6 heteroatoms. The van der Waals surface area contributed by atoms with Gasteiger partial charge in [-0.3, -0.25) is 0 Å². The number of hydrogen-bond donors (Lipinski definition) is 0. The Morgan fingerprint density at radius 2 is 0.839 bits per heavy atom. The van der Waals surface area contributed by atoms with Crippen LogP contribution in [0.3, 0.4) is 0 Å². The minimum atomic E-state index is 0.651. The fourth-order valence-corrected chi connectivity index (χ4v) is 9.82. The molecule has 4 aromatic heterocycles. The van der Waals surface area contributed by atoms with Gasteiger partial charge in [0.25, 0.3) is 0 Å². The Kier molecular flexibility index (Phi) is 8.61. The zero-order valence-corrected chi connectivity index (χ0v) is 34.2. The van der Waals surface area contributed by atoms with Crippen LogP contribution in [0, 0.1) is 0 Å². The number of hydrogen-bond acceptors (Lipinski definition) is 5. The SMILES string of the molecule is c1ccc(-c2cc(-n3c4ccccc4c4cc(-c5ccc6sc7cccc(-c8nc(-c9ccccc9)nc(-c9ccccc9)n8)c7c6c5)ccc43)cc(-c3ccccc3)n2)cc1. The number of para-hydroxylation sites is 1. The zero-order chi connectivity index (χ0) is 41.0. The van der Waals surface area contributed by atoms with E-state index in [1.165, 1.54) is 25.6 Å². The molecule has 0 unspecified atom stereocenters. The van der Waals surface area contributed by atoms with Gasteiger partial charge in [0.1, 0.15) is 0 Å². The third-order valence-electron chi connectivity index (χ3n) is 11.6. The largest absolute Gasteiger partial charge is 0.309 e. The smallest absolute Gasteiger partial charge is 0.164 e. The molecule has 62 heavy (non-hydrogen) atoms. The van der Waals surface area contributed by atoms with Gasteiger partial charge in [0, 0.05) is 58.8 Å². The molecule has 0 spiro atoms. The van der Waals surface area contributed by atoms with Crippen molar-refractivity contribution in [3.8, 4) is 73.5 Å². The molecule has 0 aliphatic carbocycles. The molecule has 12 rings (SSSR count). The van der Waals surface area contributed by atoms with Crippen LogP contribution in [0.4, 0.5) is 0 Å². The van der Waals surface area contributed by atoms with Crippen LogP contribution in [0.1, 0.15) is 0 Å². The fourth-order valence-electron chi connectivity index (χ4n) is 8.71. The third-order valence-corrected chi connectivity index (χ3v) is 12.8. The summed E-state index contributed by atoms with van der Waals surface area (Å²) in [4.78, 5) is 20.4. The van der Waals surface area contributed by atoms with Gasteiger partial charge in [-0.15, -0.1) is 11.3 Å². The minimum Gasteiger partial charge on any atom is -0.309 e. The average Bonchev–Trinajstić information content (AvgIpc) is 3.90.